The lowest BCUT2D eigenvalue weighted by molar-refractivity contribution is -0.137. The Balaban J connectivity index is 0. The van der Waals surface area contributed by atoms with Gasteiger partial charge < -0.3 is 5.11 Å². The number of carboxylic acids is 1. The minimum absolute atomic E-state index is 0.135. The standard InChI is InChI=1S/C14H17NO4.C3H8.C2H6/c1-2-13(17)15(10-16)12-8-6-11(7-9-12)4-3-5-14(18)19;1-3-2;1-2/h6-10H,2-5H2,1H3,(H,18,19);3H2,1-2H3;1-2H3. The molecule has 0 radical (unpaired) electrons. The van der Waals surface area contributed by atoms with Crippen LogP contribution in [0.15, 0.2) is 24.3 Å². The second kappa shape index (κ2) is 15.7. The van der Waals surface area contributed by atoms with Gasteiger partial charge in [-0.15, -0.1) is 0 Å². The molecule has 5 nitrogen and oxygen atoms in total. The van der Waals surface area contributed by atoms with E-state index in [1.807, 2.05) is 13.8 Å². The number of hydrogen-bond donors (Lipinski definition) is 1. The normalized spacial score (nSPS) is 8.88. The van der Waals surface area contributed by atoms with Crippen LogP contribution in [0.5, 0.6) is 0 Å². The summed E-state index contributed by atoms with van der Waals surface area (Å²) in [5.74, 6) is -1.06. The van der Waals surface area contributed by atoms with Gasteiger partial charge in [0.05, 0.1) is 5.69 Å². The van der Waals surface area contributed by atoms with Crippen LogP contribution in [-0.4, -0.2) is 23.4 Å². The molecule has 0 aliphatic heterocycles. The first-order valence-electron chi connectivity index (χ1n) is 8.58. The van der Waals surface area contributed by atoms with Crippen molar-refractivity contribution >= 4 is 24.0 Å². The van der Waals surface area contributed by atoms with Gasteiger partial charge in [0.25, 0.3) is 0 Å². The number of aliphatic carboxylic acids is 1. The van der Waals surface area contributed by atoms with Crippen LogP contribution in [-0.2, 0) is 20.8 Å². The topological polar surface area (TPSA) is 74.7 Å². The van der Waals surface area contributed by atoms with Crippen LogP contribution >= 0.6 is 0 Å². The third-order valence-electron chi connectivity index (χ3n) is 2.75. The molecule has 5 heteroatoms. The van der Waals surface area contributed by atoms with Crippen molar-refractivity contribution in [2.75, 3.05) is 4.90 Å². The Labute approximate surface area is 145 Å². The molecule has 0 saturated heterocycles. The number of imide groups is 1. The highest BCUT2D eigenvalue weighted by molar-refractivity contribution is 6.06. The summed E-state index contributed by atoms with van der Waals surface area (Å²) >= 11 is 0. The number of nitrogens with zero attached hydrogens (tertiary/aromatic N) is 1. The third kappa shape index (κ3) is 10.5. The molecule has 24 heavy (non-hydrogen) atoms. The zero-order chi connectivity index (χ0) is 19.0. The molecule has 0 aromatic heterocycles. The van der Waals surface area contributed by atoms with Crippen LogP contribution in [0.3, 0.4) is 0 Å². The lowest BCUT2D eigenvalue weighted by Crippen LogP contribution is -2.28. The highest BCUT2D eigenvalue weighted by Crippen LogP contribution is 2.16. The number of carboxylic acid groups (broad SMARTS) is 1. The van der Waals surface area contributed by atoms with Crippen LogP contribution in [0.2, 0.25) is 0 Å². The van der Waals surface area contributed by atoms with Gasteiger partial charge in [-0.3, -0.25) is 19.3 Å². The lowest BCUT2D eigenvalue weighted by atomic mass is 10.1. The van der Waals surface area contributed by atoms with Crippen molar-refractivity contribution < 1.29 is 19.5 Å². The fourth-order valence-corrected chi connectivity index (χ4v) is 1.70. The van der Waals surface area contributed by atoms with Gasteiger partial charge in [0.2, 0.25) is 12.3 Å². The molecule has 1 aromatic carbocycles. The average molecular weight is 337 g/mol. The molecule has 1 aromatic rings. The molecule has 0 atom stereocenters. The Morgan fingerprint density at radius 3 is 1.96 bits per heavy atom. The van der Waals surface area contributed by atoms with Gasteiger partial charge >= 0.3 is 5.97 Å². The molecule has 0 saturated carbocycles. The summed E-state index contributed by atoms with van der Waals surface area (Å²) in [5, 5.41) is 8.55. The molecule has 0 unspecified atom stereocenters. The molecule has 1 rings (SSSR count). The summed E-state index contributed by atoms with van der Waals surface area (Å²) in [6.07, 6.45) is 3.39. The first-order chi connectivity index (χ1) is 11.5. The maximum atomic E-state index is 11.5. The van der Waals surface area contributed by atoms with Crippen molar-refractivity contribution in [2.45, 2.75) is 66.7 Å². The van der Waals surface area contributed by atoms with E-state index in [1.165, 1.54) is 6.42 Å². The van der Waals surface area contributed by atoms with Gasteiger partial charge in [0.1, 0.15) is 0 Å². The number of carbonyl (C=O) groups excluding carboxylic acids is 2. The van der Waals surface area contributed by atoms with E-state index in [1.54, 1.807) is 31.2 Å². The zero-order valence-electron chi connectivity index (χ0n) is 15.5. The second-order valence-corrected chi connectivity index (χ2v) is 4.84. The monoisotopic (exact) mass is 337 g/mol. The van der Waals surface area contributed by atoms with Crippen LogP contribution in [0.4, 0.5) is 5.69 Å². The van der Waals surface area contributed by atoms with Gasteiger partial charge in [-0.2, -0.15) is 0 Å². The Morgan fingerprint density at radius 2 is 1.58 bits per heavy atom. The van der Waals surface area contributed by atoms with E-state index in [0.29, 0.717) is 24.9 Å². The van der Waals surface area contributed by atoms with Gasteiger partial charge in [0.15, 0.2) is 0 Å². The van der Waals surface area contributed by atoms with Crippen LogP contribution in [0.25, 0.3) is 0 Å². The summed E-state index contributed by atoms with van der Waals surface area (Å²) < 4.78 is 0. The molecule has 0 fully saturated rings. The highest BCUT2D eigenvalue weighted by Gasteiger charge is 2.12. The van der Waals surface area contributed by atoms with E-state index in [-0.39, 0.29) is 18.7 Å². The Kier molecular flexibility index (Phi) is 15.8. The predicted molar refractivity (Wildman–Crippen MR) is 98.2 cm³/mol. The van der Waals surface area contributed by atoms with E-state index in [4.69, 9.17) is 5.11 Å². The molecular weight excluding hydrogens is 306 g/mol. The van der Waals surface area contributed by atoms with Crippen molar-refractivity contribution in [3.8, 4) is 0 Å². The first-order valence-corrected chi connectivity index (χ1v) is 8.58. The first kappa shape index (κ1) is 24.1. The lowest BCUT2D eigenvalue weighted by Gasteiger charge is -2.14. The maximum Gasteiger partial charge on any atom is 0.303 e. The molecule has 1 N–H and O–H groups in total. The average Bonchev–Trinajstić information content (AvgIpc) is 2.59. The minimum atomic E-state index is -0.808. The Hall–Kier alpha value is -2.17. The van der Waals surface area contributed by atoms with Crippen LogP contribution < -0.4 is 4.90 Å². The van der Waals surface area contributed by atoms with E-state index in [9.17, 15) is 14.4 Å². The molecule has 0 bridgehead atoms. The van der Waals surface area contributed by atoms with Crippen molar-refractivity contribution in [1.82, 2.24) is 0 Å². The molecule has 2 amide bonds. The highest BCUT2D eigenvalue weighted by atomic mass is 16.4. The number of carbonyl (C=O) groups is 3. The van der Waals surface area contributed by atoms with E-state index >= 15 is 0 Å². The molecule has 0 heterocycles. The molecule has 0 aliphatic rings. The SMILES string of the molecule is CC.CCC.CCC(=O)N(C=O)c1ccc(CCCC(=O)O)cc1. The fraction of sp³-hybridized carbons (Fsp3) is 0.526. The van der Waals surface area contributed by atoms with Gasteiger partial charge in [-0.25, -0.2) is 0 Å². The van der Waals surface area contributed by atoms with Crippen molar-refractivity contribution in [3.63, 3.8) is 0 Å². The van der Waals surface area contributed by atoms with Gasteiger partial charge in [-0.05, 0) is 30.5 Å². The van der Waals surface area contributed by atoms with Gasteiger partial charge in [-0.1, -0.05) is 53.2 Å². The third-order valence-corrected chi connectivity index (χ3v) is 2.75. The van der Waals surface area contributed by atoms with E-state index in [2.05, 4.69) is 13.8 Å². The summed E-state index contributed by atoms with van der Waals surface area (Å²) in [6, 6.07) is 6.99. The number of rotatable bonds is 7. The second-order valence-electron chi connectivity index (χ2n) is 4.84. The van der Waals surface area contributed by atoms with Crippen molar-refractivity contribution in [1.29, 1.82) is 0 Å². The van der Waals surface area contributed by atoms with Crippen LogP contribution in [0, 0.1) is 0 Å². The molecule has 0 aliphatic carbocycles. The summed E-state index contributed by atoms with van der Waals surface area (Å²) in [5.41, 5.74) is 1.52. The van der Waals surface area contributed by atoms with E-state index < -0.39 is 5.97 Å². The quantitative estimate of drug-likeness (QED) is 0.747. The number of benzene rings is 1. The Morgan fingerprint density at radius 1 is 1.08 bits per heavy atom. The molecule has 0 spiro atoms. The number of anilines is 1. The molecular formula is C19H31NO4. The van der Waals surface area contributed by atoms with E-state index in [0.717, 1.165) is 10.5 Å². The minimum Gasteiger partial charge on any atom is -0.481 e. The number of amides is 2. The fourth-order valence-electron chi connectivity index (χ4n) is 1.70. The van der Waals surface area contributed by atoms with Crippen LogP contribution in [0.1, 0.15) is 65.9 Å². The maximum absolute atomic E-state index is 11.5. The molecule has 136 valence electrons. The number of aryl methyl sites for hydroxylation is 1. The van der Waals surface area contributed by atoms with Gasteiger partial charge in [0, 0.05) is 12.8 Å². The zero-order valence-corrected chi connectivity index (χ0v) is 15.5. The van der Waals surface area contributed by atoms with Crippen molar-refractivity contribution in [2.24, 2.45) is 0 Å². The summed E-state index contributed by atoms with van der Waals surface area (Å²) in [4.78, 5) is 33.8. The smallest absolute Gasteiger partial charge is 0.303 e. The van der Waals surface area contributed by atoms with Crippen molar-refractivity contribution in [3.05, 3.63) is 29.8 Å². The summed E-state index contributed by atoms with van der Waals surface area (Å²) in [7, 11) is 0. The Bertz CT molecular complexity index is 469. The summed E-state index contributed by atoms with van der Waals surface area (Å²) in [6.45, 7) is 9.94. The largest absolute Gasteiger partial charge is 0.481 e. The number of hydrogen-bond acceptors (Lipinski definition) is 3. The predicted octanol–water partition coefficient (Wildman–Crippen LogP) is 4.44.